The highest BCUT2D eigenvalue weighted by molar-refractivity contribution is 9.10. The van der Waals surface area contributed by atoms with Gasteiger partial charge < -0.3 is 5.32 Å². The zero-order chi connectivity index (χ0) is 15.2. The van der Waals surface area contributed by atoms with Gasteiger partial charge >= 0.3 is 0 Å². The summed E-state index contributed by atoms with van der Waals surface area (Å²) in [5, 5.41) is 3.72. The van der Waals surface area contributed by atoms with Crippen LogP contribution in [0.4, 0.5) is 4.39 Å². The number of halogens is 3. The molecular weight excluding hydrogens is 353 g/mol. The number of hydrogen-bond donors (Lipinski definition) is 1. The summed E-state index contributed by atoms with van der Waals surface area (Å²) in [6.45, 7) is 3.03. The zero-order valence-electron chi connectivity index (χ0n) is 11.9. The topological polar surface area (TPSA) is 12.0 Å². The molecule has 112 valence electrons. The lowest BCUT2D eigenvalue weighted by Crippen LogP contribution is -2.24. The molecule has 0 fully saturated rings. The van der Waals surface area contributed by atoms with Crippen LogP contribution in [0.3, 0.4) is 0 Å². The van der Waals surface area contributed by atoms with E-state index in [1.807, 2.05) is 18.2 Å². The first kappa shape index (κ1) is 16.5. The monoisotopic (exact) mass is 369 g/mol. The molecule has 0 bridgehead atoms. The van der Waals surface area contributed by atoms with E-state index in [2.05, 4.69) is 40.3 Å². The highest BCUT2D eigenvalue weighted by Crippen LogP contribution is 2.27. The molecule has 1 nitrogen and oxygen atoms in total. The van der Waals surface area contributed by atoms with Gasteiger partial charge in [-0.3, -0.25) is 0 Å². The first-order valence-electron chi connectivity index (χ1n) is 7.03. The smallest absolute Gasteiger partial charge is 0.142 e. The van der Waals surface area contributed by atoms with Gasteiger partial charge in [-0.2, -0.15) is 0 Å². The third-order valence-corrected chi connectivity index (χ3v) is 4.26. The first-order valence-corrected chi connectivity index (χ1v) is 8.20. The Labute approximate surface area is 138 Å². The first-order chi connectivity index (χ1) is 10.1. The molecule has 1 unspecified atom stereocenters. The van der Waals surface area contributed by atoms with E-state index in [0.717, 1.165) is 28.6 Å². The van der Waals surface area contributed by atoms with E-state index < -0.39 is 0 Å². The molecule has 0 aliphatic rings. The van der Waals surface area contributed by atoms with E-state index in [-0.39, 0.29) is 16.9 Å². The highest BCUT2D eigenvalue weighted by atomic mass is 79.9. The molecule has 0 amide bonds. The summed E-state index contributed by atoms with van der Waals surface area (Å²) in [7, 11) is 0. The lowest BCUT2D eigenvalue weighted by molar-refractivity contribution is 0.527. The van der Waals surface area contributed by atoms with E-state index >= 15 is 0 Å². The van der Waals surface area contributed by atoms with Gasteiger partial charge in [0.2, 0.25) is 0 Å². The molecule has 0 saturated heterocycles. The van der Waals surface area contributed by atoms with Crippen LogP contribution in [0.1, 0.15) is 30.5 Å². The van der Waals surface area contributed by atoms with Gasteiger partial charge in [0.1, 0.15) is 5.82 Å². The summed E-state index contributed by atoms with van der Waals surface area (Å²) < 4.78 is 14.6. The van der Waals surface area contributed by atoms with E-state index in [1.54, 1.807) is 6.07 Å². The molecule has 21 heavy (non-hydrogen) atoms. The summed E-state index contributed by atoms with van der Waals surface area (Å²) in [5.41, 5.74) is 1.99. The maximum Gasteiger partial charge on any atom is 0.142 e. The van der Waals surface area contributed by atoms with Gasteiger partial charge in [-0.15, -0.1) is 0 Å². The number of nitrogens with one attached hydrogen (secondary N) is 1. The van der Waals surface area contributed by atoms with Gasteiger partial charge in [0.15, 0.2) is 0 Å². The van der Waals surface area contributed by atoms with Gasteiger partial charge in [0, 0.05) is 10.5 Å². The van der Waals surface area contributed by atoms with Crippen molar-refractivity contribution < 1.29 is 4.39 Å². The minimum atomic E-state index is -0.363. The van der Waals surface area contributed by atoms with Gasteiger partial charge in [0.25, 0.3) is 0 Å². The van der Waals surface area contributed by atoms with Crippen LogP contribution < -0.4 is 5.32 Å². The molecule has 0 spiro atoms. The largest absolute Gasteiger partial charge is 0.310 e. The second-order valence-electron chi connectivity index (χ2n) is 4.98. The number of hydrogen-bond acceptors (Lipinski definition) is 1. The van der Waals surface area contributed by atoms with Gasteiger partial charge in [-0.25, -0.2) is 4.39 Å². The molecule has 0 aliphatic heterocycles. The van der Waals surface area contributed by atoms with Crippen molar-refractivity contribution in [1.29, 1.82) is 0 Å². The highest BCUT2D eigenvalue weighted by Gasteiger charge is 2.15. The van der Waals surface area contributed by atoms with Crippen molar-refractivity contribution in [3.63, 3.8) is 0 Å². The molecule has 0 aliphatic carbocycles. The van der Waals surface area contributed by atoms with Crippen LogP contribution in [0.25, 0.3) is 0 Å². The van der Waals surface area contributed by atoms with Crippen molar-refractivity contribution in [2.24, 2.45) is 0 Å². The standard InChI is InChI=1S/C17H18BrClFN/c1-2-9-21-16(12-5-3-7-14(18)10-12)11-13-6-4-8-15(20)17(13)19/h3-8,10,16,21H,2,9,11H2,1H3. The lowest BCUT2D eigenvalue weighted by Gasteiger charge is -2.20. The van der Waals surface area contributed by atoms with E-state index in [1.165, 1.54) is 6.07 Å². The molecule has 0 heterocycles. The van der Waals surface area contributed by atoms with Crippen LogP contribution in [-0.2, 0) is 6.42 Å². The molecule has 4 heteroatoms. The SMILES string of the molecule is CCCNC(Cc1cccc(F)c1Cl)c1cccc(Br)c1. The average molecular weight is 371 g/mol. The lowest BCUT2D eigenvalue weighted by atomic mass is 9.98. The molecule has 0 saturated carbocycles. The Bertz CT molecular complexity index is 603. The maximum absolute atomic E-state index is 13.6. The Hall–Kier alpha value is -0.900. The maximum atomic E-state index is 13.6. The van der Waals surface area contributed by atoms with Crippen molar-refractivity contribution in [1.82, 2.24) is 5.32 Å². The van der Waals surface area contributed by atoms with E-state index in [0.29, 0.717) is 6.42 Å². The Morgan fingerprint density at radius 1 is 1.24 bits per heavy atom. The summed E-state index contributed by atoms with van der Waals surface area (Å²) in [4.78, 5) is 0. The summed E-state index contributed by atoms with van der Waals surface area (Å²) >= 11 is 9.57. The summed E-state index contributed by atoms with van der Waals surface area (Å²) in [5.74, 6) is -0.363. The Morgan fingerprint density at radius 3 is 2.71 bits per heavy atom. The third kappa shape index (κ3) is 4.53. The normalized spacial score (nSPS) is 12.4. The van der Waals surface area contributed by atoms with Crippen LogP contribution >= 0.6 is 27.5 Å². The van der Waals surface area contributed by atoms with Crippen molar-refractivity contribution in [2.45, 2.75) is 25.8 Å². The van der Waals surface area contributed by atoms with Crippen LogP contribution in [0, 0.1) is 5.82 Å². The van der Waals surface area contributed by atoms with Crippen LogP contribution in [0.2, 0.25) is 5.02 Å². The minimum absolute atomic E-state index is 0.113. The molecule has 1 N–H and O–H groups in total. The van der Waals surface area contributed by atoms with E-state index in [9.17, 15) is 4.39 Å². The molecule has 0 radical (unpaired) electrons. The van der Waals surface area contributed by atoms with E-state index in [4.69, 9.17) is 11.6 Å². The third-order valence-electron chi connectivity index (χ3n) is 3.35. The van der Waals surface area contributed by atoms with Gasteiger partial charge in [0.05, 0.1) is 5.02 Å². The average Bonchev–Trinajstić information content (AvgIpc) is 2.47. The fourth-order valence-electron chi connectivity index (χ4n) is 2.28. The quantitative estimate of drug-likeness (QED) is 0.705. The zero-order valence-corrected chi connectivity index (χ0v) is 14.2. The van der Waals surface area contributed by atoms with Crippen molar-refractivity contribution >= 4 is 27.5 Å². The number of rotatable bonds is 6. The second-order valence-corrected chi connectivity index (χ2v) is 6.27. The van der Waals surface area contributed by atoms with Crippen molar-refractivity contribution in [3.05, 3.63) is 68.9 Å². The second kappa shape index (κ2) is 7.92. The van der Waals surface area contributed by atoms with Gasteiger partial charge in [-0.05, 0) is 48.7 Å². The Kier molecular flexibility index (Phi) is 6.22. The van der Waals surface area contributed by atoms with Crippen LogP contribution in [0.15, 0.2) is 46.9 Å². The summed E-state index contributed by atoms with van der Waals surface area (Å²) in [6, 6.07) is 13.2. The van der Waals surface area contributed by atoms with Crippen molar-refractivity contribution in [2.75, 3.05) is 6.54 Å². The molecule has 2 aromatic carbocycles. The molecular formula is C17H18BrClFN. The fraction of sp³-hybridized carbons (Fsp3) is 0.294. The summed E-state index contributed by atoms with van der Waals surface area (Å²) in [6.07, 6.45) is 1.70. The fourth-order valence-corrected chi connectivity index (χ4v) is 2.90. The Morgan fingerprint density at radius 2 is 2.00 bits per heavy atom. The minimum Gasteiger partial charge on any atom is -0.310 e. The van der Waals surface area contributed by atoms with Gasteiger partial charge in [-0.1, -0.05) is 58.7 Å². The van der Waals surface area contributed by atoms with Crippen molar-refractivity contribution in [3.8, 4) is 0 Å². The predicted molar refractivity (Wildman–Crippen MR) is 90.3 cm³/mol. The molecule has 0 aromatic heterocycles. The molecule has 2 rings (SSSR count). The molecule has 1 atom stereocenters. The van der Waals surface area contributed by atoms with Crippen LogP contribution in [-0.4, -0.2) is 6.54 Å². The Balaban J connectivity index is 2.26. The predicted octanol–water partition coefficient (Wildman–Crippen LogP) is 5.53. The number of benzene rings is 2. The van der Waals surface area contributed by atoms with Crippen LogP contribution in [0.5, 0.6) is 0 Å². The molecule has 2 aromatic rings.